The van der Waals surface area contributed by atoms with E-state index in [4.69, 9.17) is 14.2 Å². The normalized spacial score (nSPS) is 24.8. The van der Waals surface area contributed by atoms with Crippen LogP contribution in [0.1, 0.15) is 31.4 Å². The summed E-state index contributed by atoms with van der Waals surface area (Å²) in [7, 11) is 0. The van der Waals surface area contributed by atoms with Crippen LogP contribution in [0.3, 0.4) is 0 Å². The van der Waals surface area contributed by atoms with E-state index in [-0.39, 0.29) is 18.2 Å². The van der Waals surface area contributed by atoms with Gasteiger partial charge in [0.25, 0.3) is 0 Å². The number of hydrogen-bond acceptors (Lipinski definition) is 6. The summed E-state index contributed by atoms with van der Waals surface area (Å²) in [4.78, 5) is 0. The third-order valence-electron chi connectivity index (χ3n) is 5.50. The van der Waals surface area contributed by atoms with Gasteiger partial charge in [0.15, 0.2) is 5.79 Å². The van der Waals surface area contributed by atoms with Crippen LogP contribution < -0.4 is 5.32 Å². The Hall–Kier alpha value is -1.02. The van der Waals surface area contributed by atoms with Crippen molar-refractivity contribution in [1.82, 2.24) is 5.32 Å². The molecule has 4 nitrogen and oxygen atoms in total. The maximum Gasteiger partial charge on any atom is 0.163 e. The first-order valence-electron chi connectivity index (χ1n) is 11.1. The highest BCUT2D eigenvalue weighted by Gasteiger charge is 2.47. The molecule has 2 aromatic rings. The van der Waals surface area contributed by atoms with Crippen molar-refractivity contribution in [3.05, 3.63) is 71.8 Å². The molecule has 0 spiro atoms. The molecule has 4 rings (SSSR count). The zero-order chi connectivity index (χ0) is 21.5. The van der Waals surface area contributed by atoms with Crippen molar-refractivity contribution in [2.45, 2.75) is 62.0 Å². The van der Waals surface area contributed by atoms with E-state index in [1.807, 2.05) is 55.6 Å². The molecule has 2 aromatic carbocycles. The molecule has 168 valence electrons. The average molecular weight is 460 g/mol. The van der Waals surface area contributed by atoms with E-state index in [0.29, 0.717) is 17.8 Å². The second kappa shape index (κ2) is 11.2. The largest absolute Gasteiger partial charge is 0.374 e. The van der Waals surface area contributed by atoms with E-state index in [1.54, 1.807) is 0 Å². The summed E-state index contributed by atoms with van der Waals surface area (Å²) in [5.41, 5.74) is 2.46. The van der Waals surface area contributed by atoms with E-state index in [1.165, 1.54) is 29.1 Å². The van der Waals surface area contributed by atoms with Crippen molar-refractivity contribution in [3.8, 4) is 0 Å². The topological polar surface area (TPSA) is 39.7 Å². The fourth-order valence-corrected chi connectivity index (χ4v) is 7.22. The van der Waals surface area contributed by atoms with E-state index < -0.39 is 5.79 Å². The van der Waals surface area contributed by atoms with Crippen LogP contribution in [0.5, 0.6) is 0 Å². The fourth-order valence-electron chi connectivity index (χ4n) is 4.08. The summed E-state index contributed by atoms with van der Waals surface area (Å²) >= 11 is 4.08. The van der Waals surface area contributed by atoms with E-state index >= 15 is 0 Å². The van der Waals surface area contributed by atoms with Crippen LogP contribution in [-0.2, 0) is 27.4 Å². The summed E-state index contributed by atoms with van der Waals surface area (Å²) < 4.78 is 19.3. The van der Waals surface area contributed by atoms with Gasteiger partial charge in [-0.2, -0.15) is 0 Å². The Labute approximate surface area is 194 Å². The fraction of sp³-hybridized carbons (Fsp3) is 0.520. The SMILES string of the molecule is CC1(C)O[C@H]([C@H](NCc2ccccc2)C2SCCCS2)[C@H](COCc2ccccc2)O1. The number of ether oxygens (including phenoxy) is 3. The van der Waals surface area contributed by atoms with Gasteiger partial charge in [-0.05, 0) is 42.9 Å². The van der Waals surface area contributed by atoms with Crippen molar-refractivity contribution in [3.63, 3.8) is 0 Å². The minimum Gasteiger partial charge on any atom is -0.374 e. The highest BCUT2D eigenvalue weighted by molar-refractivity contribution is 8.17. The van der Waals surface area contributed by atoms with E-state index in [0.717, 1.165) is 6.54 Å². The lowest BCUT2D eigenvalue weighted by molar-refractivity contribution is -0.152. The molecule has 0 aliphatic carbocycles. The predicted octanol–water partition coefficient (Wildman–Crippen LogP) is 5.08. The monoisotopic (exact) mass is 459 g/mol. The Bertz CT molecular complexity index is 784. The van der Waals surface area contributed by atoms with Crippen LogP contribution in [-0.4, -0.2) is 46.7 Å². The number of hydrogen-bond donors (Lipinski definition) is 1. The van der Waals surface area contributed by atoms with Crippen molar-refractivity contribution in [1.29, 1.82) is 0 Å². The molecule has 0 bridgehead atoms. The first-order chi connectivity index (χ1) is 15.1. The molecule has 31 heavy (non-hydrogen) atoms. The number of thioether (sulfide) groups is 2. The standard InChI is InChI=1S/C25H33NO3S2/c1-25(2)28-21(18-27-17-20-12-7-4-8-13-20)23(29-25)22(24-30-14-9-15-31-24)26-16-19-10-5-3-6-11-19/h3-8,10-13,21-24,26H,9,14-18H2,1-2H3/t21-,22-,23-/m0/s1. The summed E-state index contributed by atoms with van der Waals surface area (Å²) in [6.45, 7) is 5.94. The molecule has 3 atom stereocenters. The van der Waals surface area contributed by atoms with Gasteiger partial charge in [0, 0.05) is 6.54 Å². The Morgan fingerprint density at radius 1 is 0.968 bits per heavy atom. The Kier molecular flexibility index (Phi) is 8.37. The minimum absolute atomic E-state index is 0.0578. The Morgan fingerprint density at radius 3 is 2.29 bits per heavy atom. The van der Waals surface area contributed by atoms with Crippen LogP contribution in [0.2, 0.25) is 0 Å². The first kappa shape index (κ1) is 23.1. The van der Waals surface area contributed by atoms with Crippen LogP contribution in [0.15, 0.2) is 60.7 Å². The average Bonchev–Trinajstić information content (AvgIpc) is 3.10. The lowest BCUT2D eigenvalue weighted by Crippen LogP contribution is -2.51. The van der Waals surface area contributed by atoms with Gasteiger partial charge in [-0.15, -0.1) is 23.5 Å². The smallest absolute Gasteiger partial charge is 0.163 e. The van der Waals surface area contributed by atoms with Gasteiger partial charge in [0.1, 0.15) is 12.2 Å². The molecule has 0 unspecified atom stereocenters. The Morgan fingerprint density at radius 2 is 1.61 bits per heavy atom. The first-order valence-corrected chi connectivity index (χ1v) is 13.2. The predicted molar refractivity (Wildman–Crippen MR) is 130 cm³/mol. The van der Waals surface area contributed by atoms with Crippen LogP contribution in [0.25, 0.3) is 0 Å². The molecule has 2 fully saturated rings. The van der Waals surface area contributed by atoms with Gasteiger partial charge in [0.05, 0.1) is 23.8 Å². The van der Waals surface area contributed by atoms with Gasteiger partial charge in [-0.1, -0.05) is 60.7 Å². The van der Waals surface area contributed by atoms with Gasteiger partial charge in [-0.3, -0.25) is 0 Å². The third kappa shape index (κ3) is 6.73. The lowest BCUT2D eigenvalue weighted by atomic mass is 10.1. The van der Waals surface area contributed by atoms with Crippen LogP contribution in [0.4, 0.5) is 0 Å². The number of benzene rings is 2. The zero-order valence-corrected chi connectivity index (χ0v) is 20.0. The van der Waals surface area contributed by atoms with Gasteiger partial charge in [0.2, 0.25) is 0 Å². The second-order valence-electron chi connectivity index (χ2n) is 8.50. The molecule has 6 heteroatoms. The maximum absolute atomic E-state index is 6.48. The Balaban J connectivity index is 1.44. The number of rotatable bonds is 9. The summed E-state index contributed by atoms with van der Waals surface area (Å²) in [5.74, 6) is 1.79. The minimum atomic E-state index is -0.609. The molecule has 0 radical (unpaired) electrons. The highest BCUT2D eigenvalue weighted by atomic mass is 32.2. The van der Waals surface area contributed by atoms with Gasteiger partial charge < -0.3 is 19.5 Å². The van der Waals surface area contributed by atoms with Crippen LogP contribution in [0, 0.1) is 0 Å². The quantitative estimate of drug-likeness (QED) is 0.564. The molecule has 0 saturated carbocycles. The molecular formula is C25H33NO3S2. The summed E-state index contributed by atoms with van der Waals surface area (Å²) in [6.07, 6.45) is 1.11. The molecule has 2 aliphatic rings. The molecule has 1 N–H and O–H groups in total. The summed E-state index contributed by atoms with van der Waals surface area (Å²) in [5, 5.41) is 3.82. The lowest BCUT2D eigenvalue weighted by Gasteiger charge is -2.35. The molecule has 0 aromatic heterocycles. The van der Waals surface area contributed by atoms with E-state index in [2.05, 4.69) is 47.8 Å². The van der Waals surface area contributed by atoms with Crippen molar-refractivity contribution < 1.29 is 14.2 Å². The van der Waals surface area contributed by atoms with Crippen LogP contribution >= 0.6 is 23.5 Å². The molecule has 2 heterocycles. The van der Waals surface area contributed by atoms with Crippen molar-refractivity contribution in [2.75, 3.05) is 18.1 Å². The molecule has 2 saturated heterocycles. The molecular weight excluding hydrogens is 426 g/mol. The van der Waals surface area contributed by atoms with E-state index in [9.17, 15) is 0 Å². The van der Waals surface area contributed by atoms with Gasteiger partial charge in [-0.25, -0.2) is 0 Å². The highest BCUT2D eigenvalue weighted by Crippen LogP contribution is 2.39. The zero-order valence-electron chi connectivity index (χ0n) is 18.4. The number of nitrogens with one attached hydrogen (secondary N) is 1. The second-order valence-corrected chi connectivity index (χ2v) is 11.3. The van der Waals surface area contributed by atoms with Crippen molar-refractivity contribution >= 4 is 23.5 Å². The summed E-state index contributed by atoms with van der Waals surface area (Å²) in [6, 6.07) is 21.1. The molecule has 2 aliphatic heterocycles. The van der Waals surface area contributed by atoms with Gasteiger partial charge >= 0.3 is 0 Å². The molecule has 0 amide bonds. The maximum atomic E-state index is 6.48. The third-order valence-corrected chi connectivity index (χ3v) is 8.61. The van der Waals surface area contributed by atoms with Crippen molar-refractivity contribution in [2.24, 2.45) is 0 Å².